The Labute approximate surface area is 282 Å². The first kappa shape index (κ1) is 30.6. The van der Waals surface area contributed by atoms with Crippen molar-refractivity contribution in [3.63, 3.8) is 0 Å². The number of hydrogen-bond donors (Lipinski definition) is 1. The van der Waals surface area contributed by atoms with Gasteiger partial charge in [0.25, 0.3) is 0 Å². The van der Waals surface area contributed by atoms with Gasteiger partial charge in [-0.2, -0.15) is 10.2 Å². The van der Waals surface area contributed by atoms with E-state index >= 15 is 0 Å². The molecule has 0 amide bonds. The minimum absolute atomic E-state index is 0.299. The molecule has 238 valence electrons. The summed E-state index contributed by atoms with van der Waals surface area (Å²) in [5.41, 5.74) is 12.6. The summed E-state index contributed by atoms with van der Waals surface area (Å²) in [6, 6.07) is 31.9. The molecule has 0 saturated heterocycles. The molecule has 0 aliphatic rings. The molecular weight excluding hydrogens is 621 g/mol. The van der Waals surface area contributed by atoms with Gasteiger partial charge >= 0.3 is 0 Å². The van der Waals surface area contributed by atoms with Gasteiger partial charge in [-0.3, -0.25) is 5.43 Å². The molecule has 0 saturated carbocycles. The molecule has 1 N–H and O–H groups in total. The van der Waals surface area contributed by atoms with Gasteiger partial charge in [0.05, 0.1) is 36.6 Å². The molecule has 0 fully saturated rings. The maximum Gasteiger partial charge on any atom is 0.203 e. The first-order valence-corrected chi connectivity index (χ1v) is 16.2. The first-order valence-electron chi connectivity index (χ1n) is 15.3. The van der Waals surface area contributed by atoms with Crippen molar-refractivity contribution in [2.75, 3.05) is 12.5 Å². The fourth-order valence-corrected chi connectivity index (χ4v) is 5.69. The number of hydrazone groups is 1. The highest BCUT2D eigenvalue weighted by atomic mass is 32.1. The van der Waals surface area contributed by atoms with Crippen LogP contribution in [0.5, 0.6) is 11.5 Å². The number of methoxy groups -OCH3 is 1. The Morgan fingerprint density at radius 3 is 2.35 bits per heavy atom. The zero-order valence-electron chi connectivity index (χ0n) is 26.6. The molecule has 10 nitrogen and oxygen atoms in total. The van der Waals surface area contributed by atoms with Crippen LogP contribution in [-0.4, -0.2) is 43.1 Å². The van der Waals surface area contributed by atoms with Gasteiger partial charge in [0.15, 0.2) is 0 Å². The van der Waals surface area contributed by atoms with Crippen LogP contribution in [0.15, 0.2) is 120 Å². The lowest BCUT2D eigenvalue weighted by Gasteiger charge is -2.06. The molecule has 7 aromatic rings. The lowest BCUT2D eigenvalue weighted by molar-refractivity contribution is 0.301. The molecule has 11 heteroatoms. The standard InChI is InChI=1S/C37H32N8O2S/c1-25-9-14-32(19-26(25)2)45-22-30(40-43-45)23-47-34-17-12-28(13-18-34)36-29(21-44(42-36)31-7-5-4-6-8-31)20-38-41-37-39-35(24-48-37)27-10-15-33(46-3)16-11-27/h4-22,24H,23H2,1-3H3,(H,39,41). The fourth-order valence-electron chi connectivity index (χ4n) is 5.02. The number of benzene rings is 4. The van der Waals surface area contributed by atoms with Crippen molar-refractivity contribution in [1.82, 2.24) is 29.8 Å². The van der Waals surface area contributed by atoms with Crippen molar-refractivity contribution < 1.29 is 9.47 Å². The van der Waals surface area contributed by atoms with Crippen LogP contribution >= 0.6 is 11.3 Å². The minimum atomic E-state index is 0.299. The largest absolute Gasteiger partial charge is 0.497 e. The molecule has 0 bridgehead atoms. The lowest BCUT2D eigenvalue weighted by Crippen LogP contribution is -1.97. The Hall–Kier alpha value is -6.07. The van der Waals surface area contributed by atoms with Crippen LogP contribution in [0.25, 0.3) is 33.9 Å². The second-order valence-corrected chi connectivity index (χ2v) is 11.9. The van der Waals surface area contributed by atoms with E-state index in [-0.39, 0.29) is 0 Å². The maximum atomic E-state index is 6.05. The zero-order valence-corrected chi connectivity index (χ0v) is 27.4. The highest BCUT2D eigenvalue weighted by molar-refractivity contribution is 7.14. The molecule has 0 spiro atoms. The van der Waals surface area contributed by atoms with Crippen molar-refractivity contribution in [1.29, 1.82) is 0 Å². The van der Waals surface area contributed by atoms with E-state index in [4.69, 9.17) is 14.6 Å². The van der Waals surface area contributed by atoms with Crippen molar-refractivity contribution in [3.05, 3.63) is 137 Å². The lowest BCUT2D eigenvalue weighted by atomic mass is 10.1. The summed E-state index contributed by atoms with van der Waals surface area (Å²) in [5.74, 6) is 1.52. The van der Waals surface area contributed by atoms with Gasteiger partial charge in [0, 0.05) is 28.3 Å². The molecule has 3 heterocycles. The minimum Gasteiger partial charge on any atom is -0.497 e. The smallest absolute Gasteiger partial charge is 0.203 e. The van der Waals surface area contributed by atoms with Crippen molar-refractivity contribution in [2.45, 2.75) is 20.5 Å². The number of aromatic nitrogens is 6. The highest BCUT2D eigenvalue weighted by Crippen LogP contribution is 2.28. The zero-order chi connectivity index (χ0) is 32.9. The van der Waals surface area contributed by atoms with Crippen LogP contribution in [0.1, 0.15) is 22.4 Å². The Bertz CT molecular complexity index is 2170. The Morgan fingerprint density at radius 1 is 0.812 bits per heavy atom. The van der Waals surface area contributed by atoms with E-state index in [1.165, 1.54) is 22.5 Å². The number of nitrogens with one attached hydrogen (secondary N) is 1. The number of ether oxygens (including phenoxy) is 2. The number of thiazole rings is 1. The van der Waals surface area contributed by atoms with E-state index < -0.39 is 0 Å². The van der Waals surface area contributed by atoms with E-state index in [2.05, 4.69) is 51.8 Å². The SMILES string of the molecule is COc1ccc(-c2csc(NN=Cc3cn(-c4ccccc4)nc3-c3ccc(OCc4cn(-c5ccc(C)c(C)c5)nn4)cc3)n2)cc1. The van der Waals surface area contributed by atoms with Gasteiger partial charge in [-0.25, -0.2) is 14.3 Å². The predicted molar refractivity (Wildman–Crippen MR) is 189 cm³/mol. The molecule has 3 aromatic heterocycles. The molecule has 0 radical (unpaired) electrons. The maximum absolute atomic E-state index is 6.05. The van der Waals surface area contributed by atoms with Crippen LogP contribution in [0.4, 0.5) is 5.13 Å². The molecule has 0 aliphatic heterocycles. The van der Waals surface area contributed by atoms with Crippen LogP contribution in [0.3, 0.4) is 0 Å². The van der Waals surface area contributed by atoms with E-state index in [0.29, 0.717) is 11.7 Å². The summed E-state index contributed by atoms with van der Waals surface area (Å²) in [4.78, 5) is 4.68. The van der Waals surface area contributed by atoms with Crippen LogP contribution in [0, 0.1) is 13.8 Å². The van der Waals surface area contributed by atoms with Gasteiger partial charge in [-0.15, -0.1) is 16.4 Å². The monoisotopic (exact) mass is 652 g/mol. The predicted octanol–water partition coefficient (Wildman–Crippen LogP) is 7.89. The number of aryl methyl sites for hydroxylation is 2. The molecular formula is C37H32N8O2S. The van der Waals surface area contributed by atoms with Crippen molar-refractivity contribution >= 4 is 22.7 Å². The summed E-state index contributed by atoms with van der Waals surface area (Å²) < 4.78 is 14.9. The van der Waals surface area contributed by atoms with E-state index in [1.807, 2.05) is 107 Å². The van der Waals surface area contributed by atoms with Crippen LogP contribution in [0.2, 0.25) is 0 Å². The van der Waals surface area contributed by atoms with E-state index in [9.17, 15) is 0 Å². The molecule has 7 rings (SSSR count). The van der Waals surface area contributed by atoms with E-state index in [1.54, 1.807) is 18.0 Å². The third-order valence-electron chi connectivity index (χ3n) is 7.83. The van der Waals surface area contributed by atoms with E-state index in [0.717, 1.165) is 56.6 Å². The molecule has 0 atom stereocenters. The number of nitrogens with zero attached hydrogens (tertiary/aromatic N) is 7. The molecule has 0 aliphatic carbocycles. The number of para-hydroxylation sites is 1. The Kier molecular flexibility index (Phi) is 8.75. The van der Waals surface area contributed by atoms with Crippen LogP contribution in [-0.2, 0) is 6.61 Å². The molecule has 4 aromatic carbocycles. The Balaban J connectivity index is 1.06. The van der Waals surface area contributed by atoms with Crippen molar-refractivity contribution in [3.8, 4) is 45.4 Å². The van der Waals surface area contributed by atoms with Gasteiger partial charge < -0.3 is 9.47 Å². The number of hydrogen-bond acceptors (Lipinski definition) is 9. The quantitative estimate of drug-likeness (QED) is 0.112. The van der Waals surface area contributed by atoms with Crippen molar-refractivity contribution in [2.24, 2.45) is 5.10 Å². The normalized spacial score (nSPS) is 11.2. The Morgan fingerprint density at radius 2 is 1.58 bits per heavy atom. The second kappa shape index (κ2) is 13.7. The topological polar surface area (TPSA) is 104 Å². The van der Waals surface area contributed by atoms with Gasteiger partial charge in [-0.05, 0) is 97.8 Å². The molecule has 48 heavy (non-hydrogen) atoms. The first-order chi connectivity index (χ1) is 23.5. The summed E-state index contributed by atoms with van der Waals surface area (Å²) in [6.07, 6.45) is 5.61. The fraction of sp³-hybridized carbons (Fsp3) is 0.108. The number of rotatable bonds is 11. The van der Waals surface area contributed by atoms with Crippen LogP contribution < -0.4 is 14.9 Å². The summed E-state index contributed by atoms with van der Waals surface area (Å²) >= 11 is 1.49. The number of anilines is 1. The van der Waals surface area contributed by atoms with Gasteiger partial charge in [-0.1, -0.05) is 29.5 Å². The average molecular weight is 653 g/mol. The summed E-state index contributed by atoms with van der Waals surface area (Å²) in [6.45, 7) is 4.48. The third-order valence-corrected chi connectivity index (χ3v) is 8.57. The van der Waals surface area contributed by atoms with Gasteiger partial charge in [0.1, 0.15) is 29.5 Å². The molecule has 0 unspecified atom stereocenters. The van der Waals surface area contributed by atoms with Gasteiger partial charge in [0.2, 0.25) is 5.13 Å². The highest BCUT2D eigenvalue weighted by Gasteiger charge is 2.13. The second-order valence-electron chi connectivity index (χ2n) is 11.1. The third kappa shape index (κ3) is 6.86. The average Bonchev–Trinajstić information content (AvgIpc) is 3.90. The summed E-state index contributed by atoms with van der Waals surface area (Å²) in [5, 5.41) is 20.7. The summed E-state index contributed by atoms with van der Waals surface area (Å²) in [7, 11) is 1.65.